The molecule has 0 amide bonds. The zero-order valence-electron chi connectivity index (χ0n) is 13.2. The monoisotopic (exact) mass is 363 g/mol. The maximum absolute atomic E-state index is 12.5. The van der Waals surface area contributed by atoms with Crippen LogP contribution in [0, 0.1) is 0 Å². The number of carbonyl (C=O) groups excluding carboxylic acids is 1. The Balaban J connectivity index is 1.57. The summed E-state index contributed by atoms with van der Waals surface area (Å²) in [6.45, 7) is -0.442. The molecule has 26 heavy (non-hydrogen) atoms. The van der Waals surface area contributed by atoms with Crippen molar-refractivity contribution in [2.75, 3.05) is 0 Å². The van der Waals surface area contributed by atoms with Crippen LogP contribution in [0.25, 0.3) is 0 Å². The van der Waals surface area contributed by atoms with Crippen molar-refractivity contribution < 1.29 is 27.4 Å². The van der Waals surface area contributed by atoms with E-state index in [1.807, 2.05) is 0 Å². The van der Waals surface area contributed by atoms with Gasteiger partial charge in [-0.2, -0.15) is 18.3 Å². The van der Waals surface area contributed by atoms with Crippen LogP contribution in [0.2, 0.25) is 0 Å². The molecule has 0 radical (unpaired) electrons. The zero-order chi connectivity index (χ0) is 18.6. The lowest BCUT2D eigenvalue weighted by Crippen LogP contribution is -2.17. The molecule has 0 spiro atoms. The molecule has 0 aliphatic heterocycles. The number of pyridine rings is 1. The lowest BCUT2D eigenvalue weighted by molar-refractivity contribution is -0.142. The van der Waals surface area contributed by atoms with Gasteiger partial charge in [-0.25, -0.2) is 9.78 Å². The first-order valence-electron chi connectivity index (χ1n) is 7.40. The SMILES string of the molecule is O=C(Cn1ccc(C(F)(F)F)n1)Oc1ccc(Oc2ccccn2)cc1. The summed E-state index contributed by atoms with van der Waals surface area (Å²) in [5.74, 6) is 0.383. The highest BCUT2D eigenvalue weighted by Gasteiger charge is 2.33. The summed E-state index contributed by atoms with van der Waals surface area (Å²) in [7, 11) is 0. The minimum atomic E-state index is -4.56. The van der Waals surface area contributed by atoms with Gasteiger partial charge in [0.1, 0.15) is 18.0 Å². The van der Waals surface area contributed by atoms with Gasteiger partial charge in [-0.1, -0.05) is 6.07 Å². The third-order valence-electron chi connectivity index (χ3n) is 3.14. The largest absolute Gasteiger partial charge is 0.439 e. The summed E-state index contributed by atoms with van der Waals surface area (Å²) < 4.78 is 48.8. The van der Waals surface area contributed by atoms with Crippen molar-refractivity contribution in [1.29, 1.82) is 0 Å². The normalized spacial score (nSPS) is 11.2. The summed E-state index contributed by atoms with van der Waals surface area (Å²) in [6.07, 6.45) is -1.91. The third kappa shape index (κ3) is 4.59. The van der Waals surface area contributed by atoms with Gasteiger partial charge in [0.15, 0.2) is 5.69 Å². The second-order valence-corrected chi connectivity index (χ2v) is 5.11. The molecule has 0 unspecified atom stereocenters. The number of rotatable bonds is 5. The van der Waals surface area contributed by atoms with E-state index in [0.717, 1.165) is 16.9 Å². The molecular formula is C17H12F3N3O3. The molecule has 134 valence electrons. The molecular weight excluding hydrogens is 351 g/mol. The Morgan fingerprint density at radius 3 is 2.38 bits per heavy atom. The molecule has 6 nitrogen and oxygen atoms in total. The van der Waals surface area contributed by atoms with Crippen LogP contribution in [0.15, 0.2) is 60.9 Å². The average molecular weight is 363 g/mol. The number of hydrogen-bond donors (Lipinski definition) is 0. The number of ether oxygens (including phenoxy) is 2. The van der Waals surface area contributed by atoms with E-state index < -0.39 is 24.4 Å². The summed E-state index contributed by atoms with van der Waals surface area (Å²) in [4.78, 5) is 15.8. The van der Waals surface area contributed by atoms with E-state index in [1.54, 1.807) is 36.5 Å². The molecule has 3 rings (SSSR count). The van der Waals surface area contributed by atoms with E-state index in [0.29, 0.717) is 11.6 Å². The zero-order valence-corrected chi connectivity index (χ0v) is 13.2. The molecule has 0 bridgehead atoms. The second kappa shape index (κ2) is 7.26. The van der Waals surface area contributed by atoms with Crippen molar-refractivity contribution >= 4 is 5.97 Å². The van der Waals surface area contributed by atoms with Crippen molar-refractivity contribution in [2.24, 2.45) is 0 Å². The Hall–Kier alpha value is -3.36. The number of aromatic nitrogens is 3. The Morgan fingerprint density at radius 2 is 1.77 bits per heavy atom. The Kier molecular flexibility index (Phi) is 4.87. The number of hydrogen-bond acceptors (Lipinski definition) is 5. The number of nitrogens with zero attached hydrogens (tertiary/aromatic N) is 3. The smallest absolute Gasteiger partial charge is 0.435 e. The van der Waals surface area contributed by atoms with Crippen molar-refractivity contribution in [3.8, 4) is 17.4 Å². The van der Waals surface area contributed by atoms with Gasteiger partial charge in [0.25, 0.3) is 0 Å². The number of carbonyl (C=O) groups is 1. The lowest BCUT2D eigenvalue weighted by Gasteiger charge is -2.07. The highest BCUT2D eigenvalue weighted by atomic mass is 19.4. The topological polar surface area (TPSA) is 66.2 Å². The third-order valence-corrected chi connectivity index (χ3v) is 3.14. The first-order valence-corrected chi connectivity index (χ1v) is 7.40. The summed E-state index contributed by atoms with van der Waals surface area (Å²) >= 11 is 0. The molecule has 0 aliphatic carbocycles. The van der Waals surface area contributed by atoms with Crippen LogP contribution in [-0.4, -0.2) is 20.7 Å². The van der Waals surface area contributed by atoms with Gasteiger partial charge in [0, 0.05) is 18.5 Å². The molecule has 9 heteroatoms. The number of esters is 1. The predicted molar refractivity (Wildman–Crippen MR) is 83.6 cm³/mol. The highest BCUT2D eigenvalue weighted by molar-refractivity contribution is 5.72. The second-order valence-electron chi connectivity index (χ2n) is 5.11. The van der Waals surface area contributed by atoms with Crippen molar-refractivity contribution in [3.63, 3.8) is 0 Å². The summed E-state index contributed by atoms with van der Waals surface area (Å²) in [5, 5.41) is 3.29. The molecule has 1 aromatic carbocycles. The number of alkyl halides is 3. The van der Waals surface area contributed by atoms with E-state index in [4.69, 9.17) is 9.47 Å². The maximum Gasteiger partial charge on any atom is 0.435 e. The number of halogens is 3. The van der Waals surface area contributed by atoms with Crippen LogP contribution < -0.4 is 9.47 Å². The average Bonchev–Trinajstić information content (AvgIpc) is 3.06. The van der Waals surface area contributed by atoms with E-state index in [9.17, 15) is 18.0 Å². The van der Waals surface area contributed by atoms with Gasteiger partial charge >= 0.3 is 12.1 Å². The van der Waals surface area contributed by atoms with Gasteiger partial charge in [-0.05, 0) is 36.4 Å². The fourth-order valence-corrected chi connectivity index (χ4v) is 2.00. The predicted octanol–water partition coefficient (Wildman–Crippen LogP) is 3.69. The van der Waals surface area contributed by atoms with E-state index in [-0.39, 0.29) is 5.75 Å². The molecule has 2 heterocycles. The van der Waals surface area contributed by atoms with Crippen LogP contribution in [0.1, 0.15) is 5.69 Å². The van der Waals surface area contributed by atoms with Crippen molar-refractivity contribution in [1.82, 2.24) is 14.8 Å². The molecule has 0 saturated carbocycles. The standard InChI is InChI=1S/C17H12F3N3O3/c18-17(19,20)14-8-10-23(22-14)11-16(24)26-13-6-4-12(5-7-13)25-15-3-1-2-9-21-15/h1-10H,11H2. The molecule has 0 saturated heterocycles. The molecule has 3 aromatic rings. The molecule has 0 aliphatic rings. The minimum absolute atomic E-state index is 0.228. The van der Waals surface area contributed by atoms with Crippen LogP contribution in [0.4, 0.5) is 13.2 Å². The fraction of sp³-hybridized carbons (Fsp3) is 0.118. The van der Waals surface area contributed by atoms with Gasteiger partial charge < -0.3 is 9.47 Å². The van der Waals surface area contributed by atoms with Gasteiger partial charge in [0.2, 0.25) is 5.88 Å². The van der Waals surface area contributed by atoms with E-state index in [1.165, 1.54) is 12.1 Å². The maximum atomic E-state index is 12.5. The van der Waals surface area contributed by atoms with E-state index >= 15 is 0 Å². The van der Waals surface area contributed by atoms with Gasteiger partial charge in [0.05, 0.1) is 0 Å². The van der Waals surface area contributed by atoms with Crippen molar-refractivity contribution in [2.45, 2.75) is 12.7 Å². The number of benzene rings is 1. The minimum Gasteiger partial charge on any atom is -0.439 e. The van der Waals surface area contributed by atoms with Gasteiger partial charge in [-0.15, -0.1) is 0 Å². The van der Waals surface area contributed by atoms with Crippen LogP contribution in [-0.2, 0) is 17.5 Å². The van der Waals surface area contributed by atoms with Crippen LogP contribution >= 0.6 is 0 Å². The van der Waals surface area contributed by atoms with Crippen LogP contribution in [0.5, 0.6) is 17.4 Å². The summed E-state index contributed by atoms with van der Waals surface area (Å²) in [6, 6.07) is 12.2. The molecule has 0 N–H and O–H groups in total. The van der Waals surface area contributed by atoms with E-state index in [2.05, 4.69) is 10.1 Å². The highest BCUT2D eigenvalue weighted by Crippen LogP contribution is 2.27. The van der Waals surface area contributed by atoms with Crippen molar-refractivity contribution in [3.05, 3.63) is 66.6 Å². The first-order chi connectivity index (χ1) is 12.4. The Morgan fingerprint density at radius 1 is 1.04 bits per heavy atom. The summed E-state index contributed by atoms with van der Waals surface area (Å²) in [5.41, 5.74) is -1.07. The molecule has 2 aromatic heterocycles. The Labute approximate surface area is 145 Å². The van der Waals surface area contributed by atoms with Gasteiger partial charge in [-0.3, -0.25) is 4.68 Å². The fourth-order valence-electron chi connectivity index (χ4n) is 2.00. The molecule has 0 fully saturated rings. The Bertz CT molecular complexity index is 878. The lowest BCUT2D eigenvalue weighted by atomic mass is 10.3. The quantitative estimate of drug-likeness (QED) is 0.511. The first kappa shape index (κ1) is 17.5. The van der Waals surface area contributed by atoms with Crippen LogP contribution in [0.3, 0.4) is 0 Å². The molecule has 0 atom stereocenters.